The van der Waals surface area contributed by atoms with Gasteiger partial charge in [0.1, 0.15) is 11.5 Å². The second kappa shape index (κ2) is 7.66. The molecule has 0 spiro atoms. The molecule has 1 unspecified atom stereocenters. The molecule has 1 N–H and O–H groups in total. The first-order valence-corrected chi connectivity index (χ1v) is 7.72. The monoisotopic (exact) mass is 293 g/mol. The van der Waals surface area contributed by atoms with E-state index < -0.39 is 6.10 Å². The number of ether oxygens (including phenoxy) is 2. The summed E-state index contributed by atoms with van der Waals surface area (Å²) in [7, 11) is 5.33. The number of methoxy groups -OCH3 is 2. The van der Waals surface area contributed by atoms with Crippen LogP contribution in [0.3, 0.4) is 0 Å². The van der Waals surface area contributed by atoms with Crippen molar-refractivity contribution in [1.29, 1.82) is 0 Å². The molecule has 0 amide bonds. The lowest BCUT2D eigenvalue weighted by molar-refractivity contribution is 0.116. The Hall–Kier alpha value is -1.26. The summed E-state index contributed by atoms with van der Waals surface area (Å²) in [5.74, 6) is 2.23. The van der Waals surface area contributed by atoms with Crippen LogP contribution in [0.1, 0.15) is 37.4 Å². The lowest BCUT2D eigenvalue weighted by Gasteiger charge is -2.24. The Kier molecular flexibility index (Phi) is 5.88. The van der Waals surface area contributed by atoms with E-state index in [1.54, 1.807) is 14.2 Å². The number of benzene rings is 1. The van der Waals surface area contributed by atoms with Crippen LogP contribution in [0.15, 0.2) is 18.2 Å². The van der Waals surface area contributed by atoms with E-state index in [0.717, 1.165) is 23.8 Å². The molecule has 1 aromatic rings. The van der Waals surface area contributed by atoms with Gasteiger partial charge in [0.25, 0.3) is 0 Å². The summed E-state index contributed by atoms with van der Waals surface area (Å²) in [6.07, 6.45) is 4.78. The predicted molar refractivity (Wildman–Crippen MR) is 84.0 cm³/mol. The molecule has 0 bridgehead atoms. The molecule has 1 aliphatic carbocycles. The lowest BCUT2D eigenvalue weighted by Crippen LogP contribution is -2.29. The van der Waals surface area contributed by atoms with Gasteiger partial charge in [0, 0.05) is 18.7 Å². The fourth-order valence-electron chi connectivity index (χ4n) is 3.20. The van der Waals surface area contributed by atoms with Crippen molar-refractivity contribution in [3.8, 4) is 11.5 Å². The van der Waals surface area contributed by atoms with Crippen molar-refractivity contribution in [1.82, 2.24) is 4.90 Å². The molecule has 1 saturated carbocycles. The van der Waals surface area contributed by atoms with E-state index in [9.17, 15) is 5.11 Å². The van der Waals surface area contributed by atoms with Gasteiger partial charge in [-0.2, -0.15) is 0 Å². The maximum Gasteiger partial charge on any atom is 0.124 e. The first-order valence-electron chi connectivity index (χ1n) is 7.72. The normalized spacial score (nSPS) is 17.2. The van der Waals surface area contributed by atoms with Crippen molar-refractivity contribution in [2.45, 2.75) is 31.8 Å². The number of rotatable bonds is 7. The second-order valence-electron chi connectivity index (χ2n) is 6.00. The van der Waals surface area contributed by atoms with Gasteiger partial charge in [-0.05, 0) is 44.0 Å². The fourth-order valence-corrected chi connectivity index (χ4v) is 3.20. The van der Waals surface area contributed by atoms with Gasteiger partial charge in [0.2, 0.25) is 0 Å². The van der Waals surface area contributed by atoms with Gasteiger partial charge < -0.3 is 19.5 Å². The maximum atomic E-state index is 10.5. The van der Waals surface area contributed by atoms with Crippen molar-refractivity contribution >= 4 is 0 Å². The summed E-state index contributed by atoms with van der Waals surface area (Å²) >= 11 is 0. The standard InChI is InChI=1S/C17H27NO3/c1-18(11-13-6-4-5-7-13)12-16(19)15-10-14(20-2)8-9-17(15)21-3/h8-10,13,16,19H,4-7,11-12H2,1-3H3. The third kappa shape index (κ3) is 4.35. The Balaban J connectivity index is 1.99. The number of nitrogens with zero attached hydrogens (tertiary/aromatic N) is 1. The van der Waals surface area contributed by atoms with E-state index in [-0.39, 0.29) is 0 Å². The van der Waals surface area contributed by atoms with Crippen LogP contribution < -0.4 is 9.47 Å². The molecule has 0 radical (unpaired) electrons. The summed E-state index contributed by atoms with van der Waals surface area (Å²) < 4.78 is 10.6. The summed E-state index contributed by atoms with van der Waals surface area (Å²) in [5.41, 5.74) is 0.787. The van der Waals surface area contributed by atoms with Crippen LogP contribution in [0.4, 0.5) is 0 Å². The first kappa shape index (κ1) is 16.1. The van der Waals surface area contributed by atoms with E-state index in [1.807, 2.05) is 18.2 Å². The zero-order valence-electron chi connectivity index (χ0n) is 13.3. The van der Waals surface area contributed by atoms with Crippen molar-refractivity contribution in [2.75, 3.05) is 34.4 Å². The smallest absolute Gasteiger partial charge is 0.124 e. The molecule has 0 heterocycles. The van der Waals surface area contributed by atoms with Crippen LogP contribution >= 0.6 is 0 Å². The highest BCUT2D eigenvalue weighted by atomic mass is 16.5. The van der Waals surface area contributed by atoms with Crippen LogP contribution in [0.25, 0.3) is 0 Å². The highest BCUT2D eigenvalue weighted by molar-refractivity contribution is 5.41. The van der Waals surface area contributed by atoms with E-state index in [2.05, 4.69) is 11.9 Å². The summed E-state index contributed by atoms with van der Waals surface area (Å²) in [6.45, 7) is 1.67. The molecule has 0 saturated heterocycles. The molecule has 4 nitrogen and oxygen atoms in total. The third-order valence-electron chi connectivity index (χ3n) is 4.33. The van der Waals surface area contributed by atoms with Crippen LogP contribution in [0, 0.1) is 5.92 Å². The highest BCUT2D eigenvalue weighted by Crippen LogP contribution is 2.30. The molecule has 1 fully saturated rings. The zero-order valence-corrected chi connectivity index (χ0v) is 13.3. The van der Waals surface area contributed by atoms with E-state index in [0.29, 0.717) is 12.3 Å². The van der Waals surface area contributed by atoms with E-state index >= 15 is 0 Å². The van der Waals surface area contributed by atoms with Gasteiger partial charge in [0.05, 0.1) is 20.3 Å². The molecule has 0 aliphatic heterocycles. The molecule has 2 rings (SSSR count). The highest BCUT2D eigenvalue weighted by Gasteiger charge is 2.20. The van der Waals surface area contributed by atoms with Crippen molar-refractivity contribution in [3.63, 3.8) is 0 Å². The minimum Gasteiger partial charge on any atom is -0.497 e. The molecule has 1 atom stereocenters. The molecule has 21 heavy (non-hydrogen) atoms. The van der Waals surface area contributed by atoms with E-state index in [1.165, 1.54) is 25.7 Å². The quantitative estimate of drug-likeness (QED) is 0.839. The van der Waals surface area contributed by atoms with Gasteiger partial charge in [-0.3, -0.25) is 0 Å². The summed E-state index contributed by atoms with van der Waals surface area (Å²) in [6, 6.07) is 5.54. The SMILES string of the molecule is COc1ccc(OC)c(C(O)CN(C)CC2CCCC2)c1. The minimum absolute atomic E-state index is 0.568. The Morgan fingerprint density at radius 1 is 1.24 bits per heavy atom. The van der Waals surface area contributed by atoms with Gasteiger partial charge in [-0.25, -0.2) is 0 Å². The number of hydrogen-bond acceptors (Lipinski definition) is 4. The molecule has 0 aromatic heterocycles. The first-order chi connectivity index (χ1) is 10.1. The van der Waals surface area contributed by atoms with Gasteiger partial charge in [-0.15, -0.1) is 0 Å². The molecule has 4 heteroatoms. The molecule has 1 aliphatic rings. The van der Waals surface area contributed by atoms with Crippen LogP contribution in [-0.4, -0.2) is 44.4 Å². The fraction of sp³-hybridized carbons (Fsp3) is 0.647. The van der Waals surface area contributed by atoms with Crippen LogP contribution in [-0.2, 0) is 0 Å². The molecular weight excluding hydrogens is 266 g/mol. The molecular formula is C17H27NO3. The van der Waals surface area contributed by atoms with Crippen LogP contribution in [0.5, 0.6) is 11.5 Å². The Labute approximate surface area is 127 Å². The lowest BCUT2D eigenvalue weighted by atomic mass is 10.1. The average molecular weight is 293 g/mol. The second-order valence-corrected chi connectivity index (χ2v) is 6.00. The van der Waals surface area contributed by atoms with Gasteiger partial charge >= 0.3 is 0 Å². The maximum absolute atomic E-state index is 10.5. The van der Waals surface area contributed by atoms with E-state index in [4.69, 9.17) is 9.47 Å². The topological polar surface area (TPSA) is 41.9 Å². The number of aliphatic hydroxyl groups is 1. The molecule has 1 aromatic carbocycles. The van der Waals surface area contributed by atoms with Crippen molar-refractivity contribution < 1.29 is 14.6 Å². The van der Waals surface area contributed by atoms with Crippen molar-refractivity contribution in [3.05, 3.63) is 23.8 Å². The molecule has 118 valence electrons. The van der Waals surface area contributed by atoms with Crippen molar-refractivity contribution in [2.24, 2.45) is 5.92 Å². The van der Waals surface area contributed by atoms with Gasteiger partial charge in [0.15, 0.2) is 0 Å². The largest absolute Gasteiger partial charge is 0.497 e. The Morgan fingerprint density at radius 3 is 2.57 bits per heavy atom. The average Bonchev–Trinajstić information content (AvgIpc) is 2.99. The predicted octanol–water partition coefficient (Wildman–Crippen LogP) is 2.86. The number of hydrogen-bond donors (Lipinski definition) is 1. The Morgan fingerprint density at radius 2 is 1.95 bits per heavy atom. The zero-order chi connectivity index (χ0) is 15.2. The number of likely N-dealkylation sites (N-methyl/N-ethyl adjacent to an activating group) is 1. The summed E-state index contributed by atoms with van der Waals surface area (Å²) in [5, 5.41) is 10.5. The number of aliphatic hydroxyl groups excluding tert-OH is 1. The minimum atomic E-state index is -0.568. The summed E-state index contributed by atoms with van der Waals surface area (Å²) in [4.78, 5) is 2.22. The Bertz CT molecular complexity index is 444. The van der Waals surface area contributed by atoms with Crippen LogP contribution in [0.2, 0.25) is 0 Å². The van der Waals surface area contributed by atoms with Gasteiger partial charge in [-0.1, -0.05) is 12.8 Å². The third-order valence-corrected chi connectivity index (χ3v) is 4.33.